The molecule has 0 saturated carbocycles. The van der Waals surface area contributed by atoms with Gasteiger partial charge in [-0.2, -0.15) is 0 Å². The molecular formula is C25H14Cl4O7S2. The zero-order valence-corrected chi connectivity index (χ0v) is 23.4. The van der Waals surface area contributed by atoms with Crippen LogP contribution in [0.1, 0.15) is 15.9 Å². The first-order valence-electron chi connectivity index (χ1n) is 10.4. The van der Waals surface area contributed by atoms with Crippen molar-refractivity contribution in [1.29, 1.82) is 0 Å². The second-order valence-electron chi connectivity index (χ2n) is 7.64. The number of ketones is 1. The molecule has 7 nitrogen and oxygen atoms in total. The van der Waals surface area contributed by atoms with Crippen molar-refractivity contribution >= 4 is 68.5 Å². The summed E-state index contributed by atoms with van der Waals surface area (Å²) in [6.07, 6.45) is 0. The summed E-state index contributed by atoms with van der Waals surface area (Å²) in [5.41, 5.74) is 0.585. The number of hydrogen-bond donors (Lipinski definition) is 0. The molecule has 0 saturated heterocycles. The summed E-state index contributed by atoms with van der Waals surface area (Å²) < 4.78 is 58.6. The molecule has 0 amide bonds. The first-order valence-corrected chi connectivity index (χ1v) is 15.8. The van der Waals surface area contributed by atoms with Gasteiger partial charge in [-0.3, -0.25) is 4.79 Å². The average molecular weight is 632 g/mol. The normalized spacial score (nSPS) is 11.7. The molecule has 0 unspecified atom stereocenters. The summed E-state index contributed by atoms with van der Waals surface area (Å²) in [6, 6.07) is 19.7. The molecule has 0 aromatic heterocycles. The standard InChI is InChI=1S/C25H14Cl4O7S2/c26-16-3-11-22(27)21(13-16)25(30)15-1-4-17(5-2-15)35-19-8-12-23(24(14-19)38(29,33)34)36-18-6-9-20(10-7-18)37(28,31)32/h1-14H. The van der Waals surface area contributed by atoms with E-state index in [2.05, 4.69) is 0 Å². The Morgan fingerprint density at radius 1 is 0.632 bits per heavy atom. The van der Waals surface area contributed by atoms with Crippen molar-refractivity contribution in [2.75, 3.05) is 0 Å². The number of rotatable bonds is 8. The summed E-state index contributed by atoms with van der Waals surface area (Å²) in [5.74, 6) is 0.121. The summed E-state index contributed by atoms with van der Waals surface area (Å²) >= 11 is 12.1. The van der Waals surface area contributed by atoms with E-state index in [1.54, 1.807) is 6.07 Å². The molecule has 0 heterocycles. The number of halogens is 4. The first-order chi connectivity index (χ1) is 17.8. The molecule has 0 aliphatic carbocycles. The summed E-state index contributed by atoms with van der Waals surface area (Å²) in [4.78, 5) is 12.3. The van der Waals surface area contributed by atoms with Gasteiger partial charge in [-0.15, -0.1) is 0 Å². The molecule has 0 spiro atoms. The minimum absolute atomic E-state index is 0.117. The second-order valence-corrected chi connectivity index (χ2v) is 13.6. The Hall–Kier alpha value is -2.79. The van der Waals surface area contributed by atoms with Gasteiger partial charge in [-0.1, -0.05) is 23.2 Å². The third-order valence-corrected chi connectivity index (χ3v) is 8.31. The Morgan fingerprint density at radius 3 is 1.82 bits per heavy atom. The minimum atomic E-state index is -4.27. The average Bonchev–Trinajstić information content (AvgIpc) is 2.85. The van der Waals surface area contributed by atoms with Crippen LogP contribution in [0, 0.1) is 0 Å². The highest BCUT2D eigenvalue weighted by atomic mass is 35.7. The van der Waals surface area contributed by atoms with Crippen LogP contribution >= 0.6 is 44.6 Å². The number of benzene rings is 4. The maximum absolute atomic E-state index is 12.8. The van der Waals surface area contributed by atoms with Crippen LogP contribution in [0.2, 0.25) is 10.0 Å². The molecule has 0 bridgehead atoms. The van der Waals surface area contributed by atoms with Crippen molar-refractivity contribution < 1.29 is 31.1 Å². The Labute approximate surface area is 237 Å². The van der Waals surface area contributed by atoms with Gasteiger partial charge in [0.05, 0.1) is 9.92 Å². The van der Waals surface area contributed by atoms with Gasteiger partial charge in [0.1, 0.15) is 27.9 Å². The molecule has 0 radical (unpaired) electrons. The van der Waals surface area contributed by atoms with E-state index in [0.29, 0.717) is 16.3 Å². The predicted octanol–water partition coefficient (Wildman–Crippen LogP) is 7.66. The zero-order chi connectivity index (χ0) is 27.7. The fourth-order valence-electron chi connectivity index (χ4n) is 3.26. The number of hydrogen-bond acceptors (Lipinski definition) is 7. The first kappa shape index (κ1) is 28.2. The minimum Gasteiger partial charge on any atom is -0.457 e. The van der Waals surface area contributed by atoms with E-state index in [1.165, 1.54) is 78.9 Å². The maximum Gasteiger partial charge on any atom is 0.265 e. The Kier molecular flexibility index (Phi) is 8.27. The zero-order valence-electron chi connectivity index (χ0n) is 18.8. The molecule has 0 aliphatic heterocycles. The monoisotopic (exact) mass is 630 g/mol. The molecule has 0 atom stereocenters. The molecule has 0 fully saturated rings. The largest absolute Gasteiger partial charge is 0.457 e. The van der Waals surface area contributed by atoms with Crippen LogP contribution in [0.15, 0.2) is 94.7 Å². The smallest absolute Gasteiger partial charge is 0.265 e. The molecule has 4 aromatic rings. The predicted molar refractivity (Wildman–Crippen MR) is 145 cm³/mol. The van der Waals surface area contributed by atoms with E-state index in [9.17, 15) is 21.6 Å². The van der Waals surface area contributed by atoms with Crippen molar-refractivity contribution in [2.45, 2.75) is 9.79 Å². The third-order valence-electron chi connectivity index (χ3n) is 5.04. The van der Waals surface area contributed by atoms with Crippen LogP contribution in [-0.4, -0.2) is 22.6 Å². The van der Waals surface area contributed by atoms with Gasteiger partial charge < -0.3 is 9.47 Å². The topological polar surface area (TPSA) is 104 Å². The maximum atomic E-state index is 12.8. The number of carbonyl (C=O) groups is 1. The Balaban J connectivity index is 1.56. The lowest BCUT2D eigenvalue weighted by Gasteiger charge is -2.12. The molecule has 4 aromatic carbocycles. The van der Waals surface area contributed by atoms with Crippen molar-refractivity contribution in [3.63, 3.8) is 0 Å². The van der Waals surface area contributed by atoms with Gasteiger partial charge in [0, 0.05) is 43.6 Å². The van der Waals surface area contributed by atoms with E-state index in [0.717, 1.165) is 0 Å². The van der Waals surface area contributed by atoms with Crippen LogP contribution < -0.4 is 9.47 Å². The van der Waals surface area contributed by atoms with Crippen molar-refractivity contribution in [2.24, 2.45) is 0 Å². The SMILES string of the molecule is O=C(c1ccc(Oc2ccc(Oc3ccc(S(=O)(=O)Cl)cc3)c(S(=O)(=O)Cl)c2)cc1)c1cc(Cl)ccc1Cl. The lowest BCUT2D eigenvalue weighted by Crippen LogP contribution is -2.02. The van der Waals surface area contributed by atoms with Crippen molar-refractivity contribution in [3.05, 3.63) is 106 Å². The van der Waals surface area contributed by atoms with Crippen LogP contribution in [-0.2, 0) is 18.1 Å². The second kappa shape index (κ2) is 11.1. The highest BCUT2D eigenvalue weighted by molar-refractivity contribution is 8.14. The number of ether oxygens (including phenoxy) is 2. The van der Waals surface area contributed by atoms with Gasteiger partial charge in [0.15, 0.2) is 5.78 Å². The molecule has 0 N–H and O–H groups in total. The van der Waals surface area contributed by atoms with E-state index in [1.807, 2.05) is 0 Å². The lowest BCUT2D eigenvalue weighted by molar-refractivity contribution is 0.103. The highest BCUT2D eigenvalue weighted by Crippen LogP contribution is 2.36. The molecule has 196 valence electrons. The van der Waals surface area contributed by atoms with Crippen LogP contribution in [0.5, 0.6) is 23.0 Å². The Morgan fingerprint density at radius 2 is 1.21 bits per heavy atom. The van der Waals surface area contributed by atoms with Gasteiger partial charge in [-0.25, -0.2) is 16.8 Å². The number of carbonyl (C=O) groups excluding carboxylic acids is 1. The van der Waals surface area contributed by atoms with Crippen LogP contribution in [0.25, 0.3) is 0 Å². The molecular weight excluding hydrogens is 618 g/mol. The van der Waals surface area contributed by atoms with Crippen LogP contribution in [0.4, 0.5) is 0 Å². The summed E-state index contributed by atoms with van der Waals surface area (Å²) in [7, 11) is 2.70. The van der Waals surface area contributed by atoms with Gasteiger partial charge in [0.2, 0.25) is 0 Å². The fourth-order valence-corrected chi connectivity index (χ4v) is 5.38. The van der Waals surface area contributed by atoms with Crippen molar-refractivity contribution in [1.82, 2.24) is 0 Å². The molecule has 38 heavy (non-hydrogen) atoms. The van der Waals surface area contributed by atoms with E-state index >= 15 is 0 Å². The van der Waals surface area contributed by atoms with E-state index < -0.39 is 18.1 Å². The fraction of sp³-hybridized carbons (Fsp3) is 0. The summed E-state index contributed by atoms with van der Waals surface area (Å²) in [5, 5.41) is 0.632. The quantitative estimate of drug-likeness (QED) is 0.145. The van der Waals surface area contributed by atoms with E-state index in [4.69, 9.17) is 54.0 Å². The van der Waals surface area contributed by atoms with Crippen molar-refractivity contribution in [3.8, 4) is 23.0 Å². The van der Waals surface area contributed by atoms with Gasteiger partial charge in [-0.05, 0) is 78.9 Å². The highest BCUT2D eigenvalue weighted by Gasteiger charge is 2.20. The van der Waals surface area contributed by atoms with Gasteiger partial charge >= 0.3 is 0 Å². The van der Waals surface area contributed by atoms with Gasteiger partial charge in [0.25, 0.3) is 18.1 Å². The van der Waals surface area contributed by atoms with E-state index in [-0.39, 0.29) is 43.4 Å². The Bertz CT molecular complexity index is 1740. The third kappa shape index (κ3) is 6.79. The lowest BCUT2D eigenvalue weighted by atomic mass is 10.0. The molecule has 0 aliphatic rings. The summed E-state index contributed by atoms with van der Waals surface area (Å²) in [6.45, 7) is 0. The molecule has 13 heteroatoms. The molecule has 4 rings (SSSR count). The van der Waals surface area contributed by atoms with Crippen LogP contribution in [0.3, 0.4) is 0 Å².